The number of hydrogen-bond acceptors (Lipinski definition) is 4. The maximum absolute atomic E-state index is 12.5. The van der Waals surface area contributed by atoms with Gasteiger partial charge in [0.05, 0.1) is 0 Å². The lowest BCUT2D eigenvalue weighted by molar-refractivity contribution is 0.242. The Morgan fingerprint density at radius 2 is 2.00 bits per heavy atom. The van der Waals surface area contributed by atoms with Gasteiger partial charge in [-0.15, -0.1) is 11.3 Å². The van der Waals surface area contributed by atoms with Crippen molar-refractivity contribution in [1.29, 1.82) is 0 Å². The SMILES string of the molecule is CCNCc1ccc(S(=O)(=O)NC2CCC(C)C(C)C2)s1. The molecule has 6 heteroatoms. The molecule has 3 atom stereocenters. The smallest absolute Gasteiger partial charge is 0.250 e. The van der Waals surface area contributed by atoms with Crippen molar-refractivity contribution in [2.24, 2.45) is 11.8 Å². The van der Waals surface area contributed by atoms with E-state index >= 15 is 0 Å². The van der Waals surface area contributed by atoms with E-state index in [0.717, 1.165) is 37.2 Å². The van der Waals surface area contributed by atoms with Crippen molar-refractivity contribution >= 4 is 21.4 Å². The van der Waals surface area contributed by atoms with Crippen LogP contribution in [0.2, 0.25) is 0 Å². The highest BCUT2D eigenvalue weighted by Gasteiger charge is 2.28. The fourth-order valence-electron chi connectivity index (χ4n) is 2.78. The molecule has 21 heavy (non-hydrogen) atoms. The first-order valence-corrected chi connectivity index (χ1v) is 10.0. The molecule has 0 radical (unpaired) electrons. The van der Waals surface area contributed by atoms with Crippen LogP contribution in [0, 0.1) is 11.8 Å². The summed E-state index contributed by atoms with van der Waals surface area (Å²) in [4.78, 5) is 1.06. The van der Waals surface area contributed by atoms with Crippen LogP contribution in [0.1, 0.15) is 44.9 Å². The molecule has 1 aromatic rings. The van der Waals surface area contributed by atoms with Gasteiger partial charge in [0.15, 0.2) is 0 Å². The Hall–Kier alpha value is -0.430. The molecule has 1 aliphatic rings. The van der Waals surface area contributed by atoms with Crippen molar-refractivity contribution in [3.8, 4) is 0 Å². The standard InChI is InChI=1S/C15H26N2O2S2/c1-4-16-10-14-7-8-15(20-14)21(18,19)17-13-6-5-11(2)12(3)9-13/h7-8,11-13,16-17H,4-6,9-10H2,1-3H3. The minimum absolute atomic E-state index is 0.0838. The van der Waals surface area contributed by atoms with Gasteiger partial charge in [0.25, 0.3) is 0 Å². The van der Waals surface area contributed by atoms with Crippen LogP contribution in [0.5, 0.6) is 0 Å². The van der Waals surface area contributed by atoms with E-state index in [0.29, 0.717) is 16.0 Å². The Kier molecular flexibility index (Phi) is 5.82. The predicted octanol–water partition coefficient (Wildman–Crippen LogP) is 2.96. The third kappa shape index (κ3) is 4.52. The summed E-state index contributed by atoms with van der Waals surface area (Å²) < 4.78 is 28.2. The van der Waals surface area contributed by atoms with Crippen LogP contribution < -0.4 is 10.0 Å². The number of nitrogens with one attached hydrogen (secondary N) is 2. The van der Waals surface area contributed by atoms with E-state index in [1.54, 1.807) is 6.07 Å². The largest absolute Gasteiger partial charge is 0.312 e. The van der Waals surface area contributed by atoms with Gasteiger partial charge in [-0.25, -0.2) is 13.1 Å². The van der Waals surface area contributed by atoms with Crippen molar-refractivity contribution in [1.82, 2.24) is 10.0 Å². The molecule has 4 nitrogen and oxygen atoms in total. The van der Waals surface area contributed by atoms with Gasteiger partial charge in [-0.3, -0.25) is 0 Å². The fourth-order valence-corrected chi connectivity index (χ4v) is 5.40. The lowest BCUT2D eigenvalue weighted by atomic mass is 9.79. The maximum Gasteiger partial charge on any atom is 0.250 e. The second-order valence-corrected chi connectivity index (χ2v) is 9.20. The quantitative estimate of drug-likeness (QED) is 0.843. The van der Waals surface area contributed by atoms with Crippen LogP contribution in [0.3, 0.4) is 0 Å². The first-order chi connectivity index (χ1) is 9.92. The van der Waals surface area contributed by atoms with E-state index < -0.39 is 10.0 Å². The summed E-state index contributed by atoms with van der Waals surface area (Å²) in [6.45, 7) is 8.12. The van der Waals surface area contributed by atoms with Gasteiger partial charge in [0.2, 0.25) is 10.0 Å². The van der Waals surface area contributed by atoms with Crippen molar-refractivity contribution in [2.75, 3.05) is 6.54 Å². The molecular weight excluding hydrogens is 304 g/mol. The van der Waals surface area contributed by atoms with Crippen molar-refractivity contribution in [3.63, 3.8) is 0 Å². The minimum atomic E-state index is -3.36. The summed E-state index contributed by atoms with van der Waals surface area (Å²) in [5.74, 6) is 1.28. The molecule has 0 saturated heterocycles. The topological polar surface area (TPSA) is 58.2 Å². The van der Waals surface area contributed by atoms with Gasteiger partial charge in [0, 0.05) is 17.5 Å². The van der Waals surface area contributed by atoms with E-state index in [-0.39, 0.29) is 6.04 Å². The van der Waals surface area contributed by atoms with Gasteiger partial charge in [-0.2, -0.15) is 0 Å². The van der Waals surface area contributed by atoms with Crippen LogP contribution in [-0.2, 0) is 16.6 Å². The lowest BCUT2D eigenvalue weighted by Crippen LogP contribution is -2.39. The second-order valence-electron chi connectivity index (χ2n) is 6.09. The summed E-state index contributed by atoms with van der Waals surface area (Å²) in [7, 11) is -3.36. The zero-order valence-corrected chi connectivity index (χ0v) is 14.7. The molecule has 1 aromatic heterocycles. The maximum atomic E-state index is 12.5. The summed E-state index contributed by atoms with van der Waals surface area (Å²) in [5.41, 5.74) is 0. The van der Waals surface area contributed by atoms with Crippen molar-refractivity contribution in [2.45, 2.75) is 56.8 Å². The van der Waals surface area contributed by atoms with E-state index in [9.17, 15) is 8.42 Å². The number of rotatable bonds is 6. The Balaban J connectivity index is 1.99. The number of thiophene rings is 1. The summed E-state index contributed by atoms with van der Waals surface area (Å²) in [5, 5.41) is 3.22. The molecule has 2 rings (SSSR count). The molecule has 0 spiro atoms. The molecule has 1 heterocycles. The predicted molar refractivity (Wildman–Crippen MR) is 88.0 cm³/mol. The molecular formula is C15H26N2O2S2. The molecule has 0 amide bonds. The Bertz CT molecular complexity index is 554. The number of sulfonamides is 1. The monoisotopic (exact) mass is 330 g/mol. The van der Waals surface area contributed by atoms with Crippen LogP contribution in [-0.4, -0.2) is 21.0 Å². The summed E-state index contributed by atoms with van der Waals surface area (Å²) in [6.07, 6.45) is 2.99. The highest BCUT2D eigenvalue weighted by molar-refractivity contribution is 7.91. The first kappa shape index (κ1) is 16.9. The normalized spacial score (nSPS) is 26.9. The molecule has 0 aromatic carbocycles. The molecule has 1 fully saturated rings. The highest BCUT2D eigenvalue weighted by atomic mass is 32.2. The molecule has 3 unspecified atom stereocenters. The molecule has 1 saturated carbocycles. The third-order valence-electron chi connectivity index (χ3n) is 4.37. The zero-order valence-electron chi connectivity index (χ0n) is 13.1. The molecule has 120 valence electrons. The van der Waals surface area contributed by atoms with Crippen LogP contribution >= 0.6 is 11.3 Å². The fraction of sp³-hybridized carbons (Fsp3) is 0.733. The van der Waals surface area contributed by atoms with Crippen LogP contribution in [0.4, 0.5) is 0 Å². The Morgan fingerprint density at radius 1 is 1.24 bits per heavy atom. The minimum Gasteiger partial charge on any atom is -0.312 e. The van der Waals surface area contributed by atoms with Gasteiger partial charge < -0.3 is 5.32 Å². The second kappa shape index (κ2) is 7.22. The molecule has 0 aliphatic heterocycles. The van der Waals surface area contributed by atoms with Gasteiger partial charge in [-0.1, -0.05) is 20.8 Å². The van der Waals surface area contributed by atoms with Gasteiger partial charge >= 0.3 is 0 Å². The molecule has 0 bridgehead atoms. The van der Waals surface area contributed by atoms with Gasteiger partial charge in [0.1, 0.15) is 4.21 Å². The number of hydrogen-bond donors (Lipinski definition) is 2. The first-order valence-electron chi connectivity index (χ1n) is 7.74. The summed E-state index contributed by atoms with van der Waals surface area (Å²) >= 11 is 1.36. The van der Waals surface area contributed by atoms with Crippen molar-refractivity contribution < 1.29 is 8.42 Å². The highest BCUT2D eigenvalue weighted by Crippen LogP contribution is 2.30. The van der Waals surface area contributed by atoms with Crippen LogP contribution in [0.15, 0.2) is 16.3 Å². The molecule has 1 aliphatic carbocycles. The van der Waals surface area contributed by atoms with E-state index in [1.165, 1.54) is 11.3 Å². The van der Waals surface area contributed by atoms with Crippen molar-refractivity contribution in [3.05, 3.63) is 17.0 Å². The Morgan fingerprint density at radius 3 is 2.67 bits per heavy atom. The third-order valence-corrected chi connectivity index (χ3v) is 7.47. The molecule has 2 N–H and O–H groups in total. The zero-order chi connectivity index (χ0) is 15.5. The van der Waals surface area contributed by atoms with E-state index in [4.69, 9.17) is 0 Å². The average Bonchev–Trinajstić information content (AvgIpc) is 2.90. The average molecular weight is 331 g/mol. The summed E-state index contributed by atoms with van der Waals surface area (Å²) in [6, 6.07) is 3.70. The van der Waals surface area contributed by atoms with E-state index in [1.807, 2.05) is 13.0 Å². The Labute approximate surface area is 132 Å². The van der Waals surface area contributed by atoms with Crippen LogP contribution in [0.25, 0.3) is 0 Å². The van der Waals surface area contributed by atoms with Gasteiger partial charge in [-0.05, 0) is 49.8 Å². The van der Waals surface area contributed by atoms with E-state index in [2.05, 4.69) is 23.9 Å². The lowest BCUT2D eigenvalue weighted by Gasteiger charge is -2.32.